The molecule has 0 spiro atoms. The van der Waals surface area contributed by atoms with Crippen LogP contribution in [-0.4, -0.2) is 21.9 Å². The predicted octanol–water partition coefficient (Wildman–Crippen LogP) is 2.58. The van der Waals surface area contributed by atoms with E-state index in [9.17, 15) is 4.79 Å². The second-order valence-corrected chi connectivity index (χ2v) is 6.36. The topological polar surface area (TPSA) is 80.9 Å². The zero-order valence-electron chi connectivity index (χ0n) is 11.4. The Labute approximate surface area is 121 Å². The van der Waals surface area contributed by atoms with Gasteiger partial charge in [-0.1, -0.05) is 12.8 Å². The molecule has 6 heteroatoms. The molecule has 0 aromatic carbocycles. The number of hydrogen-bond donors (Lipinski definition) is 2. The second-order valence-electron chi connectivity index (χ2n) is 5.36. The van der Waals surface area contributed by atoms with E-state index in [0.717, 1.165) is 0 Å². The summed E-state index contributed by atoms with van der Waals surface area (Å²) < 4.78 is 0. The molecule has 2 heterocycles. The van der Waals surface area contributed by atoms with E-state index in [0.29, 0.717) is 26.8 Å². The number of carbonyl (C=O) groups excluding carboxylic acids is 1. The van der Waals surface area contributed by atoms with Gasteiger partial charge in [0.15, 0.2) is 0 Å². The lowest BCUT2D eigenvalue weighted by atomic mass is 10.00. The average molecular weight is 290 g/mol. The molecule has 0 radical (unpaired) electrons. The van der Waals surface area contributed by atoms with Crippen LogP contribution in [0.15, 0.2) is 12.4 Å². The summed E-state index contributed by atoms with van der Waals surface area (Å²) in [4.78, 5) is 22.0. The van der Waals surface area contributed by atoms with Crippen LogP contribution in [-0.2, 0) is 0 Å². The molecule has 1 fully saturated rings. The van der Waals surface area contributed by atoms with Gasteiger partial charge in [-0.3, -0.25) is 4.79 Å². The maximum atomic E-state index is 12.4. The van der Waals surface area contributed by atoms with Crippen molar-refractivity contribution in [3.8, 4) is 0 Å². The summed E-state index contributed by atoms with van der Waals surface area (Å²) in [6, 6.07) is 0.190. The number of thiophene rings is 1. The molecule has 2 aromatic heterocycles. The van der Waals surface area contributed by atoms with Crippen LogP contribution >= 0.6 is 11.3 Å². The van der Waals surface area contributed by atoms with Crippen molar-refractivity contribution in [2.45, 2.75) is 38.6 Å². The molecule has 1 amide bonds. The van der Waals surface area contributed by atoms with Gasteiger partial charge >= 0.3 is 0 Å². The summed E-state index contributed by atoms with van der Waals surface area (Å²) in [6.07, 6.45) is 8.14. The van der Waals surface area contributed by atoms with E-state index in [2.05, 4.69) is 22.2 Å². The fourth-order valence-corrected chi connectivity index (χ4v) is 3.78. The lowest BCUT2D eigenvalue weighted by Gasteiger charge is -2.19. The van der Waals surface area contributed by atoms with Gasteiger partial charge in [0.2, 0.25) is 0 Å². The summed E-state index contributed by atoms with van der Waals surface area (Å²) in [7, 11) is 0. The van der Waals surface area contributed by atoms with Gasteiger partial charge in [0.05, 0.1) is 5.69 Å². The zero-order chi connectivity index (χ0) is 14.1. The Morgan fingerprint density at radius 2 is 2.10 bits per heavy atom. The molecule has 1 saturated carbocycles. The normalized spacial score (nSPS) is 17.4. The highest BCUT2D eigenvalue weighted by Crippen LogP contribution is 2.31. The van der Waals surface area contributed by atoms with E-state index in [4.69, 9.17) is 5.73 Å². The van der Waals surface area contributed by atoms with Crippen molar-refractivity contribution in [1.29, 1.82) is 0 Å². The number of nitrogens with zero attached hydrogens (tertiary/aromatic N) is 2. The van der Waals surface area contributed by atoms with Crippen LogP contribution in [0.2, 0.25) is 0 Å². The van der Waals surface area contributed by atoms with E-state index in [1.54, 1.807) is 12.4 Å². The van der Waals surface area contributed by atoms with Gasteiger partial charge in [-0.25, -0.2) is 9.97 Å². The van der Waals surface area contributed by atoms with Crippen molar-refractivity contribution in [3.63, 3.8) is 0 Å². The molecule has 3 N–H and O–H groups in total. The van der Waals surface area contributed by atoms with Crippen LogP contribution in [0.3, 0.4) is 0 Å². The molecule has 0 bridgehead atoms. The number of carbonyl (C=O) groups is 1. The summed E-state index contributed by atoms with van der Waals surface area (Å²) in [5.41, 5.74) is 7.08. The maximum absolute atomic E-state index is 12.4. The first-order valence-electron chi connectivity index (χ1n) is 6.96. The molecule has 0 saturated heterocycles. The Morgan fingerprint density at radius 3 is 2.80 bits per heavy atom. The number of nitrogens with two attached hydrogens (primary N) is 1. The van der Waals surface area contributed by atoms with E-state index >= 15 is 0 Å². The molecule has 5 nitrogen and oxygen atoms in total. The summed E-state index contributed by atoms with van der Waals surface area (Å²) in [5, 5.41) is 3.08. The highest BCUT2D eigenvalue weighted by molar-refractivity contribution is 7.21. The van der Waals surface area contributed by atoms with Gasteiger partial charge in [-0.15, -0.1) is 11.3 Å². The van der Waals surface area contributed by atoms with Crippen molar-refractivity contribution in [1.82, 2.24) is 15.3 Å². The second kappa shape index (κ2) is 5.36. The molecule has 20 heavy (non-hydrogen) atoms. The van der Waals surface area contributed by atoms with Crippen molar-refractivity contribution < 1.29 is 4.79 Å². The van der Waals surface area contributed by atoms with Crippen LogP contribution in [0.5, 0.6) is 0 Å². The first kappa shape index (κ1) is 13.3. The third-order valence-corrected chi connectivity index (χ3v) is 5.14. The van der Waals surface area contributed by atoms with Crippen molar-refractivity contribution in [2.24, 2.45) is 5.92 Å². The van der Waals surface area contributed by atoms with Crippen LogP contribution in [0.25, 0.3) is 10.3 Å². The van der Waals surface area contributed by atoms with Gasteiger partial charge in [-0.2, -0.15) is 0 Å². The molecule has 106 valence electrons. The maximum Gasteiger partial charge on any atom is 0.263 e. The molecular formula is C14H18N4OS. The van der Waals surface area contributed by atoms with Crippen LogP contribution in [0.4, 0.5) is 5.69 Å². The number of nitrogens with one attached hydrogen (secondary N) is 1. The smallest absolute Gasteiger partial charge is 0.263 e. The number of anilines is 1. The number of rotatable bonds is 3. The molecule has 1 aliphatic carbocycles. The number of fused-ring (bicyclic) bond motifs is 1. The first-order chi connectivity index (χ1) is 9.66. The van der Waals surface area contributed by atoms with E-state index in [1.165, 1.54) is 37.0 Å². The molecule has 1 atom stereocenters. The molecule has 3 rings (SSSR count). The lowest BCUT2D eigenvalue weighted by Crippen LogP contribution is -2.37. The Kier molecular flexibility index (Phi) is 3.56. The van der Waals surface area contributed by atoms with Gasteiger partial charge < -0.3 is 11.1 Å². The molecular weight excluding hydrogens is 272 g/mol. The van der Waals surface area contributed by atoms with E-state index < -0.39 is 0 Å². The average Bonchev–Trinajstić information content (AvgIpc) is 3.07. The largest absolute Gasteiger partial charge is 0.396 e. The Balaban J connectivity index is 1.80. The predicted molar refractivity (Wildman–Crippen MR) is 80.7 cm³/mol. The molecule has 0 aliphatic heterocycles. The lowest BCUT2D eigenvalue weighted by molar-refractivity contribution is 0.0932. The Hall–Kier alpha value is -1.69. The quantitative estimate of drug-likeness (QED) is 0.910. The van der Waals surface area contributed by atoms with E-state index in [-0.39, 0.29) is 11.9 Å². The highest BCUT2D eigenvalue weighted by atomic mass is 32.1. The Morgan fingerprint density at radius 1 is 1.40 bits per heavy atom. The molecule has 2 aromatic rings. The van der Waals surface area contributed by atoms with Crippen molar-refractivity contribution in [3.05, 3.63) is 17.3 Å². The third kappa shape index (κ3) is 2.35. The number of amides is 1. The fraction of sp³-hybridized carbons (Fsp3) is 0.500. The minimum absolute atomic E-state index is 0.105. The van der Waals surface area contributed by atoms with Crippen LogP contribution < -0.4 is 11.1 Å². The van der Waals surface area contributed by atoms with Crippen molar-refractivity contribution in [2.75, 3.05) is 5.73 Å². The van der Waals surface area contributed by atoms with Crippen LogP contribution in [0, 0.1) is 5.92 Å². The zero-order valence-corrected chi connectivity index (χ0v) is 12.2. The van der Waals surface area contributed by atoms with Gasteiger partial charge in [0, 0.05) is 18.4 Å². The number of aromatic nitrogens is 2. The fourth-order valence-electron chi connectivity index (χ4n) is 2.86. The standard InChI is InChI=1S/C14H18N4OS/c1-8(9-4-2-3-5-9)18-13(19)12-10(15)11-14(20-12)17-7-6-16-11/h6-9H,2-5,15H2,1H3,(H,18,19). The Bertz CT molecular complexity index is 633. The minimum Gasteiger partial charge on any atom is -0.396 e. The number of hydrogen-bond acceptors (Lipinski definition) is 5. The third-order valence-electron chi connectivity index (χ3n) is 4.04. The molecule has 1 aliphatic rings. The van der Waals surface area contributed by atoms with Gasteiger partial charge in [-0.05, 0) is 25.7 Å². The van der Waals surface area contributed by atoms with Gasteiger partial charge in [0.25, 0.3) is 5.91 Å². The summed E-state index contributed by atoms with van der Waals surface area (Å²) >= 11 is 1.31. The number of nitrogen functional groups attached to an aromatic ring is 1. The van der Waals surface area contributed by atoms with Crippen LogP contribution in [0.1, 0.15) is 42.3 Å². The molecule has 1 unspecified atom stereocenters. The van der Waals surface area contributed by atoms with Crippen molar-refractivity contribution >= 4 is 33.3 Å². The summed E-state index contributed by atoms with van der Waals surface area (Å²) in [5.74, 6) is 0.484. The monoisotopic (exact) mass is 290 g/mol. The SMILES string of the molecule is CC(NC(=O)c1sc2nccnc2c1N)C1CCCC1. The van der Waals surface area contributed by atoms with Gasteiger partial charge in [0.1, 0.15) is 15.2 Å². The minimum atomic E-state index is -0.105. The first-order valence-corrected chi connectivity index (χ1v) is 7.78. The van der Waals surface area contributed by atoms with E-state index in [1.807, 2.05) is 0 Å². The highest BCUT2D eigenvalue weighted by Gasteiger charge is 2.25. The summed E-state index contributed by atoms with van der Waals surface area (Å²) in [6.45, 7) is 2.08.